The van der Waals surface area contributed by atoms with Gasteiger partial charge in [-0.25, -0.2) is 0 Å². The Balaban J connectivity index is 2.41. The van der Waals surface area contributed by atoms with E-state index in [2.05, 4.69) is 6.92 Å². The zero-order valence-corrected chi connectivity index (χ0v) is 12.0. The number of unbranched alkanes of at least 4 members (excludes halogenated alkanes) is 5. The lowest BCUT2D eigenvalue weighted by atomic mass is 10.1. The van der Waals surface area contributed by atoms with Crippen molar-refractivity contribution in [2.75, 3.05) is 6.61 Å². The van der Waals surface area contributed by atoms with E-state index in [1.165, 1.54) is 31.7 Å². The highest BCUT2D eigenvalue weighted by Crippen LogP contribution is 2.28. The predicted molar refractivity (Wildman–Crippen MR) is 77.9 cm³/mol. The molecule has 0 saturated heterocycles. The highest BCUT2D eigenvalue weighted by molar-refractivity contribution is 5.48. The molecule has 0 unspecified atom stereocenters. The quantitative estimate of drug-likeness (QED) is 0.402. The van der Waals surface area contributed by atoms with Gasteiger partial charge < -0.3 is 9.84 Å². The summed E-state index contributed by atoms with van der Waals surface area (Å²) in [4.78, 5) is 10.5. The minimum Gasteiger partial charge on any atom is -0.487 e. The normalized spacial score (nSPS) is 10.5. The Hall–Kier alpha value is -1.62. The molecule has 1 aromatic rings. The molecule has 0 aliphatic carbocycles. The number of aliphatic hydroxyl groups excluding tert-OH is 1. The third kappa shape index (κ3) is 5.57. The van der Waals surface area contributed by atoms with Crippen molar-refractivity contribution in [1.29, 1.82) is 0 Å². The van der Waals surface area contributed by atoms with Crippen LogP contribution in [-0.4, -0.2) is 16.6 Å². The molecular formula is C15H23NO4. The predicted octanol–water partition coefficient (Wildman–Crippen LogP) is 3.83. The first-order chi connectivity index (χ1) is 9.69. The van der Waals surface area contributed by atoms with Gasteiger partial charge in [-0.2, -0.15) is 0 Å². The molecule has 1 rings (SSSR count). The number of benzene rings is 1. The lowest BCUT2D eigenvalue weighted by Gasteiger charge is -2.07. The van der Waals surface area contributed by atoms with Gasteiger partial charge in [-0.3, -0.25) is 10.1 Å². The number of nitrogens with zero attached hydrogens (tertiary/aromatic N) is 1. The van der Waals surface area contributed by atoms with E-state index in [1.54, 1.807) is 12.1 Å². The number of nitro benzene ring substituents is 1. The summed E-state index contributed by atoms with van der Waals surface area (Å²) in [5.74, 6) is 0.278. The maximum Gasteiger partial charge on any atom is 0.311 e. The highest BCUT2D eigenvalue weighted by Gasteiger charge is 2.15. The van der Waals surface area contributed by atoms with Gasteiger partial charge in [0.1, 0.15) is 0 Å². The Morgan fingerprint density at radius 2 is 1.90 bits per heavy atom. The molecule has 0 spiro atoms. The average molecular weight is 281 g/mol. The summed E-state index contributed by atoms with van der Waals surface area (Å²) in [5.41, 5.74) is 0.436. The molecule has 0 fully saturated rings. The van der Waals surface area contributed by atoms with Crippen LogP contribution in [0.4, 0.5) is 5.69 Å². The van der Waals surface area contributed by atoms with Crippen molar-refractivity contribution < 1.29 is 14.8 Å². The first-order valence-corrected chi connectivity index (χ1v) is 7.20. The summed E-state index contributed by atoms with van der Waals surface area (Å²) in [6, 6.07) is 4.56. The highest BCUT2D eigenvalue weighted by atomic mass is 16.6. The Bertz CT molecular complexity index is 420. The number of nitro groups is 1. The van der Waals surface area contributed by atoms with Gasteiger partial charge in [0.15, 0.2) is 5.75 Å². The summed E-state index contributed by atoms with van der Waals surface area (Å²) >= 11 is 0. The smallest absolute Gasteiger partial charge is 0.311 e. The lowest BCUT2D eigenvalue weighted by Crippen LogP contribution is -2.01. The van der Waals surface area contributed by atoms with Crippen molar-refractivity contribution >= 4 is 5.69 Å². The van der Waals surface area contributed by atoms with Crippen molar-refractivity contribution in [2.45, 2.75) is 52.1 Å². The fourth-order valence-electron chi connectivity index (χ4n) is 1.99. The van der Waals surface area contributed by atoms with Crippen LogP contribution in [-0.2, 0) is 6.61 Å². The maximum absolute atomic E-state index is 10.9. The van der Waals surface area contributed by atoms with E-state index in [4.69, 9.17) is 9.84 Å². The summed E-state index contributed by atoms with van der Waals surface area (Å²) < 4.78 is 5.48. The summed E-state index contributed by atoms with van der Waals surface area (Å²) in [5, 5.41) is 19.9. The second kappa shape index (κ2) is 9.31. The summed E-state index contributed by atoms with van der Waals surface area (Å²) in [7, 11) is 0. The molecule has 1 aromatic carbocycles. The van der Waals surface area contributed by atoms with Crippen LogP contribution < -0.4 is 4.74 Å². The minimum absolute atomic E-state index is 0.0810. The molecule has 5 heteroatoms. The van der Waals surface area contributed by atoms with Crippen LogP contribution in [0.1, 0.15) is 51.0 Å². The van der Waals surface area contributed by atoms with Gasteiger partial charge in [0.2, 0.25) is 0 Å². The molecule has 20 heavy (non-hydrogen) atoms. The van der Waals surface area contributed by atoms with Gasteiger partial charge in [-0.15, -0.1) is 0 Å². The molecule has 0 aliphatic heterocycles. The Kier molecular flexibility index (Phi) is 7.65. The third-order valence-corrected chi connectivity index (χ3v) is 3.16. The van der Waals surface area contributed by atoms with Gasteiger partial charge in [0.05, 0.1) is 18.1 Å². The molecule has 0 bridgehead atoms. The van der Waals surface area contributed by atoms with Crippen LogP contribution in [0.5, 0.6) is 5.75 Å². The van der Waals surface area contributed by atoms with Gasteiger partial charge >= 0.3 is 5.69 Å². The van der Waals surface area contributed by atoms with Crippen LogP contribution in [0.25, 0.3) is 0 Å². The van der Waals surface area contributed by atoms with Crippen LogP contribution in [0.15, 0.2) is 18.2 Å². The van der Waals surface area contributed by atoms with E-state index in [1.807, 2.05) is 0 Å². The van der Waals surface area contributed by atoms with Crippen molar-refractivity contribution in [2.24, 2.45) is 0 Å². The molecule has 0 aliphatic rings. The van der Waals surface area contributed by atoms with Crippen molar-refractivity contribution in [3.05, 3.63) is 33.9 Å². The SMILES string of the molecule is CCCCCCCCOc1ccc(CO)cc1[N+](=O)[O-]. The average Bonchev–Trinajstić information content (AvgIpc) is 2.46. The fraction of sp³-hybridized carbons (Fsp3) is 0.600. The number of rotatable bonds is 10. The van der Waals surface area contributed by atoms with Gasteiger partial charge in [-0.1, -0.05) is 45.1 Å². The number of aliphatic hydroxyl groups is 1. The fourth-order valence-corrected chi connectivity index (χ4v) is 1.99. The van der Waals surface area contributed by atoms with Crippen molar-refractivity contribution in [3.8, 4) is 5.75 Å². The van der Waals surface area contributed by atoms with Gasteiger partial charge in [0, 0.05) is 6.07 Å². The summed E-state index contributed by atoms with van der Waals surface area (Å²) in [6.45, 7) is 2.46. The standard InChI is InChI=1S/C15H23NO4/c1-2-3-4-5-6-7-10-20-15-9-8-13(12-17)11-14(15)16(18)19/h8-9,11,17H,2-7,10,12H2,1H3. The largest absolute Gasteiger partial charge is 0.487 e. The third-order valence-electron chi connectivity index (χ3n) is 3.16. The first-order valence-electron chi connectivity index (χ1n) is 7.20. The number of ether oxygens (including phenoxy) is 1. The molecule has 1 N–H and O–H groups in total. The molecule has 0 atom stereocenters. The second-order valence-electron chi connectivity index (χ2n) is 4.83. The minimum atomic E-state index is -0.476. The second-order valence-corrected chi connectivity index (χ2v) is 4.83. The monoisotopic (exact) mass is 281 g/mol. The zero-order chi connectivity index (χ0) is 14.8. The molecule has 0 radical (unpaired) electrons. The van der Waals surface area contributed by atoms with Gasteiger partial charge in [0.25, 0.3) is 0 Å². The van der Waals surface area contributed by atoms with Crippen LogP contribution in [0.3, 0.4) is 0 Å². The van der Waals surface area contributed by atoms with E-state index in [0.717, 1.165) is 12.8 Å². The zero-order valence-electron chi connectivity index (χ0n) is 12.0. The Labute approximate surface area is 119 Å². The van der Waals surface area contributed by atoms with Crippen molar-refractivity contribution in [3.63, 3.8) is 0 Å². The van der Waals surface area contributed by atoms with Crippen LogP contribution in [0.2, 0.25) is 0 Å². The van der Waals surface area contributed by atoms with Crippen LogP contribution in [0, 0.1) is 10.1 Å². The van der Waals surface area contributed by atoms with E-state index in [9.17, 15) is 10.1 Å². The molecule has 0 heterocycles. The molecular weight excluding hydrogens is 258 g/mol. The molecule has 0 saturated carbocycles. The Morgan fingerprint density at radius 1 is 1.20 bits per heavy atom. The number of hydrogen-bond donors (Lipinski definition) is 1. The number of hydrogen-bond acceptors (Lipinski definition) is 4. The first kappa shape index (κ1) is 16.4. The Morgan fingerprint density at radius 3 is 2.55 bits per heavy atom. The molecule has 0 aromatic heterocycles. The summed E-state index contributed by atoms with van der Waals surface area (Å²) in [6.07, 6.45) is 6.89. The lowest BCUT2D eigenvalue weighted by molar-refractivity contribution is -0.386. The van der Waals surface area contributed by atoms with E-state index < -0.39 is 4.92 Å². The maximum atomic E-state index is 10.9. The molecule has 5 nitrogen and oxygen atoms in total. The molecule has 0 amide bonds. The van der Waals surface area contributed by atoms with E-state index in [0.29, 0.717) is 12.2 Å². The molecule has 112 valence electrons. The van der Waals surface area contributed by atoms with E-state index >= 15 is 0 Å². The van der Waals surface area contributed by atoms with E-state index in [-0.39, 0.29) is 18.0 Å². The van der Waals surface area contributed by atoms with Crippen molar-refractivity contribution in [1.82, 2.24) is 0 Å². The van der Waals surface area contributed by atoms with Crippen LogP contribution >= 0.6 is 0 Å². The van der Waals surface area contributed by atoms with Gasteiger partial charge in [-0.05, 0) is 18.1 Å². The topological polar surface area (TPSA) is 72.6 Å².